The molecule has 7 heteroatoms. The number of rotatable bonds is 9. The monoisotopic (exact) mass is 508 g/mol. The van der Waals surface area contributed by atoms with Crippen molar-refractivity contribution in [3.8, 4) is 5.75 Å². The van der Waals surface area contributed by atoms with Gasteiger partial charge in [0.15, 0.2) is 5.16 Å². The number of carbonyl (C=O) groups is 1. The van der Waals surface area contributed by atoms with Gasteiger partial charge in [0.25, 0.3) is 5.91 Å². The van der Waals surface area contributed by atoms with E-state index >= 15 is 0 Å². The number of ether oxygens (including phenoxy) is 1. The smallest absolute Gasteiger partial charge is 0.251 e. The lowest BCUT2D eigenvalue weighted by Crippen LogP contribution is -2.22. The summed E-state index contributed by atoms with van der Waals surface area (Å²) >= 11 is 1.69. The van der Waals surface area contributed by atoms with Crippen LogP contribution in [0.1, 0.15) is 32.6 Å². The van der Waals surface area contributed by atoms with Crippen LogP contribution in [0.3, 0.4) is 0 Å². The van der Waals surface area contributed by atoms with Gasteiger partial charge in [-0.25, -0.2) is 4.98 Å². The number of carbonyl (C=O) groups excluding carboxylic acids is 1. The summed E-state index contributed by atoms with van der Waals surface area (Å²) in [6, 6.07) is 25.9. The van der Waals surface area contributed by atoms with E-state index in [1.54, 1.807) is 25.1 Å². The van der Waals surface area contributed by atoms with E-state index in [-0.39, 0.29) is 5.91 Å². The first kappa shape index (κ1) is 24.6. The highest BCUT2D eigenvalue weighted by molar-refractivity contribution is 7.98. The maximum atomic E-state index is 12.6. The Morgan fingerprint density at radius 1 is 0.973 bits per heavy atom. The number of pyridine rings is 1. The number of fused-ring (bicyclic) bond motifs is 1. The Kier molecular flexibility index (Phi) is 7.51. The molecule has 186 valence electrons. The Hall–Kier alpha value is -4.10. The molecule has 0 bridgehead atoms. The zero-order valence-electron chi connectivity index (χ0n) is 20.8. The zero-order valence-corrected chi connectivity index (χ0v) is 21.7. The van der Waals surface area contributed by atoms with Crippen LogP contribution in [0.25, 0.3) is 11.0 Å². The Bertz CT molecular complexity index is 1510. The van der Waals surface area contributed by atoms with Crippen LogP contribution >= 0.6 is 11.8 Å². The van der Waals surface area contributed by atoms with Crippen LogP contribution in [0.2, 0.25) is 0 Å². The second kappa shape index (κ2) is 11.3. The number of methoxy groups -OCH3 is 1. The van der Waals surface area contributed by atoms with Gasteiger partial charge in [0.1, 0.15) is 5.75 Å². The first-order valence-electron chi connectivity index (χ1n) is 12.1. The van der Waals surface area contributed by atoms with Crippen molar-refractivity contribution in [1.82, 2.24) is 19.9 Å². The molecule has 0 aliphatic rings. The number of benzene rings is 3. The summed E-state index contributed by atoms with van der Waals surface area (Å²) in [5, 5.41) is 3.93. The fraction of sp³-hybridized carbons (Fsp3) is 0.167. The number of nitrogens with one attached hydrogen (secondary N) is 1. The number of amides is 1. The topological polar surface area (TPSA) is 69.0 Å². The normalized spacial score (nSPS) is 11.0. The second-order valence-corrected chi connectivity index (χ2v) is 9.79. The Morgan fingerprint density at radius 3 is 2.51 bits per heavy atom. The van der Waals surface area contributed by atoms with Crippen LogP contribution in [0.5, 0.6) is 5.75 Å². The lowest BCUT2D eigenvalue weighted by molar-refractivity contribution is 0.0951. The van der Waals surface area contributed by atoms with E-state index in [0.29, 0.717) is 12.1 Å². The molecule has 1 amide bonds. The number of aryl methyl sites for hydroxylation is 1. The lowest BCUT2D eigenvalue weighted by Gasteiger charge is -2.10. The molecule has 0 saturated heterocycles. The van der Waals surface area contributed by atoms with Crippen molar-refractivity contribution in [3.05, 3.63) is 119 Å². The van der Waals surface area contributed by atoms with E-state index in [2.05, 4.69) is 46.1 Å². The summed E-state index contributed by atoms with van der Waals surface area (Å²) in [5.74, 6) is 1.45. The third-order valence-corrected chi connectivity index (χ3v) is 7.18. The molecule has 5 aromatic rings. The van der Waals surface area contributed by atoms with Crippen LogP contribution in [-0.2, 0) is 18.8 Å². The van der Waals surface area contributed by atoms with Crippen molar-refractivity contribution in [3.63, 3.8) is 0 Å². The van der Waals surface area contributed by atoms with Gasteiger partial charge in [-0.2, -0.15) is 0 Å². The van der Waals surface area contributed by atoms with E-state index in [1.165, 1.54) is 11.1 Å². The highest BCUT2D eigenvalue weighted by atomic mass is 32.2. The fourth-order valence-electron chi connectivity index (χ4n) is 4.13. The predicted molar refractivity (Wildman–Crippen MR) is 148 cm³/mol. The van der Waals surface area contributed by atoms with Crippen LogP contribution in [0.4, 0.5) is 0 Å². The Morgan fingerprint density at radius 2 is 1.76 bits per heavy atom. The van der Waals surface area contributed by atoms with Gasteiger partial charge < -0.3 is 14.6 Å². The lowest BCUT2D eigenvalue weighted by atomic mass is 10.1. The summed E-state index contributed by atoms with van der Waals surface area (Å²) in [6.07, 6.45) is 3.65. The van der Waals surface area contributed by atoms with Crippen LogP contribution in [-0.4, -0.2) is 27.6 Å². The van der Waals surface area contributed by atoms with Crippen molar-refractivity contribution in [1.29, 1.82) is 0 Å². The fourth-order valence-corrected chi connectivity index (χ4v) is 5.10. The quantitative estimate of drug-likeness (QED) is 0.247. The molecular formula is C30H28N4O2S. The second-order valence-electron chi connectivity index (χ2n) is 8.85. The first-order valence-corrected chi connectivity index (χ1v) is 13.1. The molecule has 1 N–H and O–H groups in total. The van der Waals surface area contributed by atoms with Crippen molar-refractivity contribution in [2.75, 3.05) is 7.11 Å². The molecule has 0 aliphatic heterocycles. The van der Waals surface area contributed by atoms with Gasteiger partial charge in [-0.3, -0.25) is 9.78 Å². The average Bonchev–Trinajstić information content (AvgIpc) is 3.28. The Labute approximate surface area is 220 Å². The summed E-state index contributed by atoms with van der Waals surface area (Å²) in [6.45, 7) is 3.31. The summed E-state index contributed by atoms with van der Waals surface area (Å²) in [7, 11) is 1.64. The summed E-state index contributed by atoms with van der Waals surface area (Å²) in [4.78, 5) is 21.8. The molecule has 0 saturated carbocycles. The number of imidazole rings is 1. The van der Waals surface area contributed by atoms with E-state index in [1.807, 2.05) is 60.8 Å². The van der Waals surface area contributed by atoms with Crippen LogP contribution < -0.4 is 10.1 Å². The van der Waals surface area contributed by atoms with Gasteiger partial charge in [0.2, 0.25) is 0 Å². The maximum absolute atomic E-state index is 12.6. The zero-order chi connectivity index (χ0) is 25.6. The molecular weight excluding hydrogens is 480 g/mol. The van der Waals surface area contributed by atoms with Gasteiger partial charge in [0.05, 0.1) is 30.9 Å². The van der Waals surface area contributed by atoms with Crippen LogP contribution in [0, 0.1) is 6.92 Å². The molecule has 6 nitrogen and oxygen atoms in total. The average molecular weight is 509 g/mol. The number of nitrogens with zero attached hydrogens (tertiary/aromatic N) is 3. The largest absolute Gasteiger partial charge is 0.497 e. The standard InChI is InChI=1S/C30H28N4O2S/c1-21-4-3-5-24(16-21)19-34-28-18-31-15-14-27(28)33-30(34)37-20-23-6-10-25(11-7-23)29(35)32-17-22-8-12-26(36-2)13-9-22/h3-16,18H,17,19-20H2,1-2H3,(H,32,35). The van der Waals surface area contributed by atoms with Crippen LogP contribution in [0.15, 0.2) is 96.4 Å². The molecule has 2 heterocycles. The molecule has 5 rings (SSSR count). The van der Waals surface area contributed by atoms with Gasteiger partial charge in [-0.15, -0.1) is 0 Å². The van der Waals surface area contributed by atoms with Gasteiger partial charge >= 0.3 is 0 Å². The van der Waals surface area contributed by atoms with E-state index < -0.39 is 0 Å². The first-order chi connectivity index (χ1) is 18.1. The molecule has 37 heavy (non-hydrogen) atoms. The summed E-state index contributed by atoms with van der Waals surface area (Å²) < 4.78 is 7.40. The molecule has 0 atom stereocenters. The van der Waals surface area contributed by atoms with Crippen molar-refractivity contribution in [2.45, 2.75) is 30.9 Å². The molecule has 0 spiro atoms. The van der Waals surface area contributed by atoms with Gasteiger partial charge in [-0.1, -0.05) is 65.9 Å². The molecule has 2 aromatic heterocycles. The molecule has 0 fully saturated rings. The summed E-state index contributed by atoms with van der Waals surface area (Å²) in [5.41, 5.74) is 7.22. The molecule has 0 aliphatic carbocycles. The molecule has 0 unspecified atom stereocenters. The van der Waals surface area contributed by atoms with E-state index in [4.69, 9.17) is 9.72 Å². The van der Waals surface area contributed by atoms with E-state index in [0.717, 1.165) is 45.4 Å². The minimum atomic E-state index is -0.0949. The SMILES string of the molecule is COc1ccc(CNC(=O)c2ccc(CSc3nc4ccncc4n3Cc3cccc(C)c3)cc2)cc1. The molecule has 0 radical (unpaired) electrons. The Balaban J connectivity index is 1.24. The van der Waals surface area contributed by atoms with Crippen molar-refractivity contribution in [2.24, 2.45) is 0 Å². The predicted octanol–water partition coefficient (Wildman–Crippen LogP) is 6.02. The van der Waals surface area contributed by atoms with E-state index in [9.17, 15) is 4.79 Å². The number of thioether (sulfide) groups is 1. The maximum Gasteiger partial charge on any atom is 0.251 e. The van der Waals surface area contributed by atoms with Crippen molar-refractivity contribution >= 4 is 28.7 Å². The number of hydrogen-bond acceptors (Lipinski definition) is 5. The minimum Gasteiger partial charge on any atom is -0.497 e. The van der Waals surface area contributed by atoms with Gasteiger partial charge in [0, 0.05) is 24.1 Å². The third kappa shape index (κ3) is 6.01. The minimum absolute atomic E-state index is 0.0949. The van der Waals surface area contributed by atoms with Crippen molar-refractivity contribution < 1.29 is 9.53 Å². The third-order valence-electron chi connectivity index (χ3n) is 6.13. The molecule has 3 aromatic carbocycles. The number of aromatic nitrogens is 3. The van der Waals surface area contributed by atoms with Gasteiger partial charge in [-0.05, 0) is 53.9 Å². The highest BCUT2D eigenvalue weighted by Gasteiger charge is 2.13. The highest BCUT2D eigenvalue weighted by Crippen LogP contribution is 2.27. The number of hydrogen-bond donors (Lipinski definition) is 1.